The second-order valence-electron chi connectivity index (χ2n) is 6.77. The van der Waals surface area contributed by atoms with Crippen LogP contribution in [0.5, 0.6) is 5.75 Å². The van der Waals surface area contributed by atoms with Crippen LogP contribution in [-0.4, -0.2) is 17.8 Å². The van der Waals surface area contributed by atoms with Crippen LogP contribution in [0.15, 0.2) is 95.2 Å². The van der Waals surface area contributed by atoms with Gasteiger partial charge in [-0.2, -0.15) is 0 Å². The van der Waals surface area contributed by atoms with Gasteiger partial charge in [-0.1, -0.05) is 65.8 Å². The molecule has 0 bridgehead atoms. The van der Waals surface area contributed by atoms with Crippen LogP contribution in [0.2, 0.25) is 0 Å². The van der Waals surface area contributed by atoms with Gasteiger partial charge in [-0.15, -0.1) is 0 Å². The molecule has 1 unspecified atom stereocenters. The van der Waals surface area contributed by atoms with Crippen LogP contribution in [-0.2, 0) is 0 Å². The molecule has 9 heteroatoms. The molecule has 0 saturated heterocycles. The van der Waals surface area contributed by atoms with Gasteiger partial charge in [0.2, 0.25) is 0 Å². The summed E-state index contributed by atoms with van der Waals surface area (Å²) in [5.41, 5.74) is 19.4. The first kappa shape index (κ1) is 22.8. The quantitative estimate of drug-likeness (QED) is 0.113. The summed E-state index contributed by atoms with van der Waals surface area (Å²) in [7, 11) is 0. The molecule has 0 aliphatic rings. The molecular formula is C24H18N6O3. The third kappa shape index (κ3) is 6.83. The fraction of sp³-hybridized carbons (Fsp3) is 0.0833. The molecule has 3 rings (SSSR count). The maximum absolute atomic E-state index is 12.4. The lowest BCUT2D eigenvalue weighted by Crippen LogP contribution is -2.18. The minimum absolute atomic E-state index is 0.115. The van der Waals surface area contributed by atoms with E-state index in [0.717, 1.165) is 5.56 Å². The highest BCUT2D eigenvalue weighted by atomic mass is 16.5. The molecule has 0 heterocycles. The first-order valence-corrected chi connectivity index (χ1v) is 9.86. The molecule has 0 radical (unpaired) electrons. The Morgan fingerprint density at radius 3 is 2.21 bits per heavy atom. The fourth-order valence-electron chi connectivity index (χ4n) is 2.89. The predicted octanol–water partition coefficient (Wildman–Crippen LogP) is 6.81. The number of benzene rings is 3. The number of carbonyl (C=O) groups excluding carboxylic acids is 2. The summed E-state index contributed by atoms with van der Waals surface area (Å²) >= 11 is 0. The maximum Gasteiger partial charge on any atom is 0.185 e. The third-order valence-corrected chi connectivity index (χ3v) is 4.53. The summed E-state index contributed by atoms with van der Waals surface area (Å²) < 4.78 is 5.64. The van der Waals surface area contributed by atoms with Gasteiger partial charge in [0.15, 0.2) is 17.8 Å². The van der Waals surface area contributed by atoms with Crippen molar-refractivity contribution in [1.82, 2.24) is 0 Å². The average Bonchev–Trinajstić information content (AvgIpc) is 2.85. The Morgan fingerprint density at radius 2 is 1.58 bits per heavy atom. The van der Waals surface area contributed by atoms with Crippen molar-refractivity contribution >= 4 is 23.3 Å². The van der Waals surface area contributed by atoms with E-state index in [1.54, 1.807) is 84.9 Å². The number of hydrogen-bond donors (Lipinski definition) is 0. The summed E-state index contributed by atoms with van der Waals surface area (Å²) in [6.07, 6.45) is 1.95. The van der Waals surface area contributed by atoms with Crippen molar-refractivity contribution in [3.8, 4) is 5.75 Å². The van der Waals surface area contributed by atoms with Gasteiger partial charge < -0.3 is 4.74 Å². The minimum atomic E-state index is -1.02. The van der Waals surface area contributed by atoms with Crippen molar-refractivity contribution in [1.29, 1.82) is 0 Å². The van der Waals surface area contributed by atoms with E-state index < -0.39 is 6.23 Å². The zero-order chi connectivity index (χ0) is 23.5. The second kappa shape index (κ2) is 11.5. The van der Waals surface area contributed by atoms with Crippen molar-refractivity contribution in [2.24, 2.45) is 10.2 Å². The predicted molar refractivity (Wildman–Crippen MR) is 124 cm³/mol. The van der Waals surface area contributed by atoms with E-state index in [0.29, 0.717) is 22.6 Å². The number of ether oxygens (including phenoxy) is 1. The number of carbonyl (C=O) groups is 2. The molecule has 0 saturated carbocycles. The lowest BCUT2D eigenvalue weighted by atomic mass is 10.1. The molecule has 0 amide bonds. The number of hydrogen-bond acceptors (Lipinski definition) is 5. The molecule has 3 aromatic rings. The van der Waals surface area contributed by atoms with E-state index in [-0.39, 0.29) is 18.0 Å². The summed E-state index contributed by atoms with van der Waals surface area (Å²) in [5.74, 6) is -0.0636. The topological polar surface area (TPSA) is 141 Å². The van der Waals surface area contributed by atoms with Crippen molar-refractivity contribution < 1.29 is 14.3 Å². The van der Waals surface area contributed by atoms with Crippen LogP contribution < -0.4 is 4.74 Å². The number of allylic oxidation sites excluding steroid dienone is 1. The molecule has 0 aromatic heterocycles. The van der Waals surface area contributed by atoms with E-state index in [9.17, 15) is 9.59 Å². The Balaban J connectivity index is 1.62. The van der Waals surface area contributed by atoms with Crippen LogP contribution in [0, 0.1) is 0 Å². The number of ketones is 2. The molecule has 0 aliphatic heterocycles. The Bertz CT molecular complexity index is 1240. The molecule has 9 nitrogen and oxygen atoms in total. The van der Waals surface area contributed by atoms with E-state index in [1.807, 2.05) is 0 Å². The van der Waals surface area contributed by atoms with Crippen molar-refractivity contribution in [2.45, 2.75) is 12.6 Å². The standard InChI is InChI=1S/C24H18N6O3/c25-29-27-20-11-6-17(7-12-20)8-15-22(31)19-9-13-21(14-10-19)33-24(28-30-26)16-23(32)18-4-2-1-3-5-18/h1-15,24H,16H2. The first-order valence-electron chi connectivity index (χ1n) is 9.86. The van der Waals surface area contributed by atoms with E-state index in [2.05, 4.69) is 20.1 Å². The molecule has 0 aliphatic carbocycles. The first-order chi connectivity index (χ1) is 16.1. The second-order valence-corrected chi connectivity index (χ2v) is 6.77. The monoisotopic (exact) mass is 438 g/mol. The molecule has 33 heavy (non-hydrogen) atoms. The smallest absolute Gasteiger partial charge is 0.185 e. The molecule has 0 fully saturated rings. The van der Waals surface area contributed by atoms with E-state index in [4.69, 9.17) is 15.8 Å². The highest BCUT2D eigenvalue weighted by Gasteiger charge is 2.16. The maximum atomic E-state index is 12.4. The Hall–Kier alpha value is -4.84. The number of Topliss-reactive ketones (excluding diaryl/α,β-unsaturated/α-hetero) is 1. The lowest BCUT2D eigenvalue weighted by Gasteiger charge is -2.14. The van der Waals surface area contributed by atoms with E-state index >= 15 is 0 Å². The summed E-state index contributed by atoms with van der Waals surface area (Å²) in [4.78, 5) is 30.3. The largest absolute Gasteiger partial charge is 0.484 e. The Kier molecular flexibility index (Phi) is 7.98. The molecule has 3 aromatic carbocycles. The van der Waals surface area contributed by atoms with Crippen LogP contribution in [0.1, 0.15) is 32.7 Å². The van der Waals surface area contributed by atoms with Gasteiger partial charge in [-0.25, -0.2) is 0 Å². The average molecular weight is 438 g/mol. The van der Waals surface area contributed by atoms with Crippen molar-refractivity contribution in [3.63, 3.8) is 0 Å². The van der Waals surface area contributed by atoms with Gasteiger partial charge in [-0.05, 0) is 52.1 Å². The molecule has 0 N–H and O–H groups in total. The van der Waals surface area contributed by atoms with Crippen LogP contribution >= 0.6 is 0 Å². The summed E-state index contributed by atoms with van der Waals surface area (Å²) in [6, 6.07) is 21.7. The van der Waals surface area contributed by atoms with Gasteiger partial charge in [0, 0.05) is 26.6 Å². The Morgan fingerprint density at radius 1 is 0.879 bits per heavy atom. The van der Waals surface area contributed by atoms with Crippen LogP contribution in [0.4, 0.5) is 5.69 Å². The van der Waals surface area contributed by atoms with Gasteiger partial charge >= 0.3 is 0 Å². The lowest BCUT2D eigenvalue weighted by molar-refractivity contribution is 0.0912. The zero-order valence-electron chi connectivity index (χ0n) is 17.4. The van der Waals surface area contributed by atoms with Crippen molar-refractivity contribution in [3.05, 3.63) is 123 Å². The van der Waals surface area contributed by atoms with Gasteiger partial charge in [0.05, 0.1) is 6.42 Å². The minimum Gasteiger partial charge on any atom is -0.484 e. The summed E-state index contributed by atoms with van der Waals surface area (Å²) in [6.45, 7) is 0. The van der Waals surface area contributed by atoms with Crippen molar-refractivity contribution in [2.75, 3.05) is 0 Å². The molecule has 0 spiro atoms. The highest BCUT2D eigenvalue weighted by Crippen LogP contribution is 2.19. The van der Waals surface area contributed by atoms with Gasteiger partial charge in [0.1, 0.15) is 5.75 Å². The van der Waals surface area contributed by atoms with Crippen LogP contribution in [0.25, 0.3) is 27.0 Å². The number of nitrogens with zero attached hydrogens (tertiary/aromatic N) is 6. The molecule has 162 valence electrons. The molecule has 1 atom stereocenters. The third-order valence-electron chi connectivity index (χ3n) is 4.53. The van der Waals surface area contributed by atoms with Gasteiger partial charge in [0.25, 0.3) is 0 Å². The normalized spacial score (nSPS) is 11.2. The highest BCUT2D eigenvalue weighted by molar-refractivity contribution is 6.06. The van der Waals surface area contributed by atoms with Gasteiger partial charge in [-0.3, -0.25) is 9.59 Å². The number of azide groups is 2. The van der Waals surface area contributed by atoms with Crippen LogP contribution in [0.3, 0.4) is 0 Å². The van der Waals surface area contributed by atoms with E-state index in [1.165, 1.54) is 6.08 Å². The summed E-state index contributed by atoms with van der Waals surface area (Å²) in [5, 5.41) is 7.05. The Labute approximate surface area is 189 Å². The fourth-order valence-corrected chi connectivity index (χ4v) is 2.89. The number of rotatable bonds is 10. The molecular weight excluding hydrogens is 420 g/mol. The SMILES string of the molecule is [N-]=[N+]=Nc1ccc(C=CC(=O)c2ccc(OC(CC(=O)c3ccccc3)N=[N+]=[N-])cc2)cc1. The zero-order valence-corrected chi connectivity index (χ0v) is 17.4.